The summed E-state index contributed by atoms with van der Waals surface area (Å²) in [5.41, 5.74) is 0.927. The minimum atomic E-state index is -0.0281. The minimum absolute atomic E-state index is 0.0281. The molecular formula is C16H21NO2. The maximum absolute atomic E-state index is 12.6. The van der Waals surface area contributed by atoms with E-state index in [1.807, 2.05) is 41.3 Å². The van der Waals surface area contributed by atoms with Gasteiger partial charge in [-0.1, -0.05) is 32.0 Å². The Bertz CT molecular complexity index is 451. The molecule has 0 atom stereocenters. The van der Waals surface area contributed by atoms with Crippen LogP contribution in [0.2, 0.25) is 0 Å². The number of carbonyl (C=O) groups excluding carboxylic acids is 1. The van der Waals surface area contributed by atoms with E-state index in [0.717, 1.165) is 18.5 Å². The van der Waals surface area contributed by atoms with Gasteiger partial charge in [0.25, 0.3) is 5.91 Å². The third kappa shape index (κ3) is 3.60. The summed E-state index contributed by atoms with van der Waals surface area (Å²) in [6, 6.07) is 9.78. The van der Waals surface area contributed by atoms with E-state index in [1.165, 1.54) is 0 Å². The van der Waals surface area contributed by atoms with Crippen LogP contribution in [0.15, 0.2) is 42.2 Å². The van der Waals surface area contributed by atoms with Gasteiger partial charge in [-0.3, -0.25) is 4.79 Å². The molecule has 1 heterocycles. The van der Waals surface area contributed by atoms with Crippen molar-refractivity contribution in [3.63, 3.8) is 0 Å². The maximum Gasteiger partial charge on any atom is 0.292 e. The monoisotopic (exact) mass is 259 g/mol. The van der Waals surface area contributed by atoms with Crippen molar-refractivity contribution in [2.24, 2.45) is 5.92 Å². The topological polar surface area (TPSA) is 29.5 Å². The number of hydrogen-bond donors (Lipinski definition) is 0. The first kappa shape index (κ1) is 13.7. The molecule has 2 rings (SSSR count). The van der Waals surface area contributed by atoms with Gasteiger partial charge in [-0.05, 0) is 37.0 Å². The van der Waals surface area contributed by atoms with E-state index in [-0.39, 0.29) is 5.91 Å². The van der Waals surface area contributed by atoms with Gasteiger partial charge in [0, 0.05) is 12.2 Å². The first-order valence-electron chi connectivity index (χ1n) is 6.88. The number of rotatable bonds is 4. The Morgan fingerprint density at radius 2 is 2.05 bits per heavy atom. The van der Waals surface area contributed by atoms with E-state index in [0.29, 0.717) is 24.8 Å². The first-order valence-corrected chi connectivity index (χ1v) is 6.88. The van der Waals surface area contributed by atoms with Gasteiger partial charge < -0.3 is 9.64 Å². The van der Waals surface area contributed by atoms with Gasteiger partial charge in [0.2, 0.25) is 0 Å². The van der Waals surface area contributed by atoms with Crippen molar-refractivity contribution in [3.8, 4) is 0 Å². The highest BCUT2D eigenvalue weighted by Crippen LogP contribution is 2.20. The quantitative estimate of drug-likeness (QED) is 0.829. The van der Waals surface area contributed by atoms with Gasteiger partial charge in [0.1, 0.15) is 0 Å². The number of anilines is 1. The average Bonchev–Trinajstić information content (AvgIpc) is 2.46. The van der Waals surface area contributed by atoms with E-state index in [9.17, 15) is 4.79 Å². The summed E-state index contributed by atoms with van der Waals surface area (Å²) in [6.45, 7) is 5.56. The summed E-state index contributed by atoms with van der Waals surface area (Å²) in [4.78, 5) is 14.4. The van der Waals surface area contributed by atoms with Crippen LogP contribution >= 0.6 is 0 Å². The average molecular weight is 259 g/mol. The van der Waals surface area contributed by atoms with E-state index in [4.69, 9.17) is 4.74 Å². The van der Waals surface area contributed by atoms with Crippen molar-refractivity contribution in [2.75, 3.05) is 18.1 Å². The van der Waals surface area contributed by atoms with E-state index < -0.39 is 0 Å². The van der Waals surface area contributed by atoms with Gasteiger partial charge >= 0.3 is 0 Å². The Balaban J connectivity index is 2.22. The highest BCUT2D eigenvalue weighted by molar-refractivity contribution is 6.04. The number of para-hydroxylation sites is 1. The standard InChI is InChI=1S/C16H21NO2/c1-13(2)12-17(14-8-4-3-5-9-14)16(18)15-10-6-7-11-19-15/h3-5,8-10,13H,6-7,11-12H2,1-2H3. The van der Waals surface area contributed by atoms with Crippen molar-refractivity contribution in [3.05, 3.63) is 42.2 Å². The molecule has 0 saturated heterocycles. The number of hydrogen-bond acceptors (Lipinski definition) is 2. The SMILES string of the molecule is CC(C)CN(C(=O)C1=CCCCO1)c1ccccc1. The van der Waals surface area contributed by atoms with Gasteiger partial charge in [0.15, 0.2) is 5.76 Å². The van der Waals surface area contributed by atoms with Crippen LogP contribution in [0.3, 0.4) is 0 Å². The molecule has 1 aromatic rings. The second-order valence-corrected chi connectivity index (χ2v) is 5.20. The Hall–Kier alpha value is -1.77. The molecule has 19 heavy (non-hydrogen) atoms. The number of benzene rings is 1. The zero-order valence-electron chi connectivity index (χ0n) is 11.6. The normalized spacial score (nSPS) is 14.8. The van der Waals surface area contributed by atoms with Crippen LogP contribution in [-0.2, 0) is 9.53 Å². The molecule has 0 aliphatic carbocycles. The van der Waals surface area contributed by atoms with Crippen LogP contribution in [0.1, 0.15) is 26.7 Å². The van der Waals surface area contributed by atoms with Crippen molar-refractivity contribution in [2.45, 2.75) is 26.7 Å². The van der Waals surface area contributed by atoms with Crippen LogP contribution in [0.5, 0.6) is 0 Å². The third-order valence-corrected chi connectivity index (χ3v) is 3.01. The van der Waals surface area contributed by atoms with Crippen LogP contribution in [0.4, 0.5) is 5.69 Å². The summed E-state index contributed by atoms with van der Waals surface area (Å²) < 4.78 is 5.49. The lowest BCUT2D eigenvalue weighted by Crippen LogP contribution is -2.36. The molecule has 1 amide bonds. The maximum atomic E-state index is 12.6. The lowest BCUT2D eigenvalue weighted by molar-refractivity contribution is -0.118. The number of ether oxygens (including phenoxy) is 1. The minimum Gasteiger partial charge on any atom is -0.488 e. The highest BCUT2D eigenvalue weighted by atomic mass is 16.5. The molecule has 0 saturated carbocycles. The fourth-order valence-electron chi connectivity index (χ4n) is 2.12. The molecule has 0 radical (unpaired) electrons. The van der Waals surface area contributed by atoms with E-state index in [2.05, 4.69) is 13.8 Å². The predicted octanol–water partition coefficient (Wildman–Crippen LogP) is 3.37. The van der Waals surface area contributed by atoms with Crippen molar-refractivity contribution < 1.29 is 9.53 Å². The van der Waals surface area contributed by atoms with Gasteiger partial charge in [-0.2, -0.15) is 0 Å². The Kier molecular flexibility index (Phi) is 4.61. The molecule has 1 aromatic carbocycles. The van der Waals surface area contributed by atoms with Crippen molar-refractivity contribution in [1.82, 2.24) is 0 Å². The molecule has 0 bridgehead atoms. The summed E-state index contributed by atoms with van der Waals surface area (Å²) in [7, 11) is 0. The van der Waals surface area contributed by atoms with Gasteiger partial charge in [-0.25, -0.2) is 0 Å². The van der Waals surface area contributed by atoms with Crippen molar-refractivity contribution >= 4 is 11.6 Å². The fourth-order valence-corrected chi connectivity index (χ4v) is 2.12. The molecule has 102 valence electrons. The predicted molar refractivity (Wildman–Crippen MR) is 76.9 cm³/mol. The first-order chi connectivity index (χ1) is 9.18. The lowest BCUT2D eigenvalue weighted by atomic mass is 10.1. The van der Waals surface area contributed by atoms with Crippen LogP contribution in [-0.4, -0.2) is 19.1 Å². The zero-order chi connectivity index (χ0) is 13.7. The Morgan fingerprint density at radius 3 is 2.63 bits per heavy atom. The number of nitrogens with zero attached hydrogens (tertiary/aromatic N) is 1. The number of allylic oxidation sites excluding steroid dienone is 1. The number of amides is 1. The Morgan fingerprint density at radius 1 is 1.32 bits per heavy atom. The molecule has 0 N–H and O–H groups in total. The summed E-state index contributed by atoms with van der Waals surface area (Å²) >= 11 is 0. The molecule has 3 nitrogen and oxygen atoms in total. The van der Waals surface area contributed by atoms with E-state index >= 15 is 0 Å². The molecular weight excluding hydrogens is 238 g/mol. The van der Waals surface area contributed by atoms with Gasteiger partial charge in [0.05, 0.1) is 6.61 Å². The number of carbonyl (C=O) groups is 1. The van der Waals surface area contributed by atoms with Gasteiger partial charge in [-0.15, -0.1) is 0 Å². The summed E-state index contributed by atoms with van der Waals surface area (Å²) in [5.74, 6) is 0.878. The second kappa shape index (κ2) is 6.41. The summed E-state index contributed by atoms with van der Waals surface area (Å²) in [5, 5.41) is 0. The van der Waals surface area contributed by atoms with Crippen LogP contribution in [0.25, 0.3) is 0 Å². The van der Waals surface area contributed by atoms with Crippen LogP contribution in [0, 0.1) is 5.92 Å². The zero-order valence-corrected chi connectivity index (χ0v) is 11.6. The molecule has 0 fully saturated rings. The fraction of sp³-hybridized carbons (Fsp3) is 0.438. The molecule has 3 heteroatoms. The van der Waals surface area contributed by atoms with Crippen molar-refractivity contribution in [1.29, 1.82) is 0 Å². The molecule has 1 aliphatic heterocycles. The lowest BCUT2D eigenvalue weighted by Gasteiger charge is -2.26. The van der Waals surface area contributed by atoms with Crippen LogP contribution < -0.4 is 4.90 Å². The Labute approximate surface area is 114 Å². The third-order valence-electron chi connectivity index (χ3n) is 3.01. The summed E-state index contributed by atoms with van der Waals surface area (Å²) in [6.07, 6.45) is 3.82. The van der Waals surface area contributed by atoms with E-state index in [1.54, 1.807) is 0 Å². The molecule has 1 aliphatic rings. The molecule has 0 unspecified atom stereocenters. The highest BCUT2D eigenvalue weighted by Gasteiger charge is 2.23. The molecule has 0 aromatic heterocycles. The largest absolute Gasteiger partial charge is 0.488 e. The molecule has 0 spiro atoms. The smallest absolute Gasteiger partial charge is 0.292 e. The second-order valence-electron chi connectivity index (χ2n) is 5.20.